The number of halogens is 1. The van der Waals surface area contributed by atoms with E-state index in [9.17, 15) is 0 Å². The second-order valence-corrected chi connectivity index (χ2v) is 4.27. The van der Waals surface area contributed by atoms with E-state index < -0.39 is 0 Å². The average Bonchev–Trinajstić information content (AvgIpc) is 2.93. The summed E-state index contributed by atoms with van der Waals surface area (Å²) in [6, 6.07) is 8.76. The number of nitrogens with zero attached hydrogens (tertiary/aromatic N) is 1. The summed E-state index contributed by atoms with van der Waals surface area (Å²) in [5, 5.41) is 12.0. The van der Waals surface area contributed by atoms with Crippen molar-refractivity contribution in [3.8, 4) is 0 Å². The third-order valence-corrected chi connectivity index (χ3v) is 2.89. The van der Waals surface area contributed by atoms with E-state index in [2.05, 4.69) is 5.16 Å². The lowest BCUT2D eigenvalue weighted by Gasteiger charge is -2.07. The van der Waals surface area contributed by atoms with Crippen molar-refractivity contribution < 1.29 is 14.4 Å². The van der Waals surface area contributed by atoms with Gasteiger partial charge in [0.1, 0.15) is 12.4 Å². The van der Waals surface area contributed by atoms with E-state index in [-0.39, 0.29) is 5.84 Å². The van der Waals surface area contributed by atoms with Crippen molar-refractivity contribution in [2.75, 3.05) is 0 Å². The number of oxime groups is 1. The van der Waals surface area contributed by atoms with Crippen molar-refractivity contribution in [1.29, 1.82) is 0 Å². The molecule has 0 amide bonds. The second kappa shape index (κ2) is 6.26. The SMILES string of the molecule is N/C(=N/O)c1ccc(COCc2ccco2)c(Cl)c1. The van der Waals surface area contributed by atoms with Crippen LogP contribution < -0.4 is 5.73 Å². The molecule has 3 N–H and O–H groups in total. The van der Waals surface area contributed by atoms with Gasteiger partial charge in [0, 0.05) is 10.6 Å². The zero-order valence-electron chi connectivity index (χ0n) is 10.0. The van der Waals surface area contributed by atoms with Crippen LogP contribution in [0.5, 0.6) is 0 Å². The first-order chi connectivity index (χ1) is 9.20. The molecule has 2 aromatic rings. The van der Waals surface area contributed by atoms with E-state index in [0.717, 1.165) is 11.3 Å². The zero-order valence-corrected chi connectivity index (χ0v) is 10.8. The molecule has 5 nitrogen and oxygen atoms in total. The molecule has 0 aliphatic carbocycles. The monoisotopic (exact) mass is 280 g/mol. The van der Waals surface area contributed by atoms with Gasteiger partial charge in [-0.15, -0.1) is 0 Å². The van der Waals surface area contributed by atoms with Gasteiger partial charge in [0.15, 0.2) is 5.84 Å². The molecule has 1 aromatic heterocycles. The Balaban J connectivity index is 1.97. The Labute approximate surface area is 115 Å². The van der Waals surface area contributed by atoms with Crippen molar-refractivity contribution in [3.63, 3.8) is 0 Å². The predicted octanol–water partition coefficient (Wildman–Crippen LogP) is 2.74. The number of rotatable bonds is 5. The van der Waals surface area contributed by atoms with Gasteiger partial charge < -0.3 is 20.1 Å². The molecule has 6 heteroatoms. The van der Waals surface area contributed by atoms with E-state index in [4.69, 9.17) is 31.7 Å². The fourth-order valence-electron chi connectivity index (χ4n) is 1.54. The van der Waals surface area contributed by atoms with Gasteiger partial charge in [-0.3, -0.25) is 0 Å². The Hall–Kier alpha value is -1.98. The first-order valence-electron chi connectivity index (χ1n) is 5.57. The van der Waals surface area contributed by atoms with Crippen LogP contribution in [0.25, 0.3) is 0 Å². The summed E-state index contributed by atoms with van der Waals surface area (Å²) in [6.45, 7) is 0.737. The fourth-order valence-corrected chi connectivity index (χ4v) is 1.77. The standard InChI is InChI=1S/C13H13ClN2O3/c14-12-6-9(13(15)16-17)3-4-10(12)7-18-8-11-2-1-5-19-11/h1-6,17H,7-8H2,(H2,15,16). The minimum atomic E-state index is 0.0185. The number of benzene rings is 1. The third-order valence-electron chi connectivity index (χ3n) is 2.54. The number of furan rings is 1. The summed E-state index contributed by atoms with van der Waals surface area (Å²) >= 11 is 6.10. The maximum absolute atomic E-state index is 8.58. The summed E-state index contributed by atoms with van der Waals surface area (Å²) in [5.74, 6) is 0.773. The Morgan fingerprint density at radius 3 is 2.84 bits per heavy atom. The smallest absolute Gasteiger partial charge is 0.170 e. The Bertz CT molecular complexity index is 567. The minimum absolute atomic E-state index is 0.0185. The van der Waals surface area contributed by atoms with Crippen LogP contribution in [0.15, 0.2) is 46.2 Å². The molecule has 0 unspecified atom stereocenters. The highest BCUT2D eigenvalue weighted by molar-refractivity contribution is 6.31. The van der Waals surface area contributed by atoms with E-state index in [1.54, 1.807) is 30.5 Å². The van der Waals surface area contributed by atoms with Crippen LogP contribution >= 0.6 is 11.6 Å². The molecule has 0 bridgehead atoms. The van der Waals surface area contributed by atoms with Crippen LogP contribution in [0.3, 0.4) is 0 Å². The van der Waals surface area contributed by atoms with E-state index in [0.29, 0.717) is 23.8 Å². The molecule has 1 heterocycles. The number of ether oxygens (including phenoxy) is 1. The normalized spacial score (nSPS) is 11.7. The maximum Gasteiger partial charge on any atom is 0.170 e. The molecule has 0 spiro atoms. The Morgan fingerprint density at radius 1 is 1.37 bits per heavy atom. The highest BCUT2D eigenvalue weighted by atomic mass is 35.5. The molecule has 0 radical (unpaired) electrons. The van der Waals surface area contributed by atoms with Crippen LogP contribution in [0, 0.1) is 0 Å². The van der Waals surface area contributed by atoms with E-state index in [1.807, 2.05) is 6.07 Å². The van der Waals surface area contributed by atoms with Crippen LogP contribution in [-0.2, 0) is 18.0 Å². The Morgan fingerprint density at radius 2 is 2.21 bits per heavy atom. The first-order valence-corrected chi connectivity index (χ1v) is 5.95. The van der Waals surface area contributed by atoms with Crippen molar-refractivity contribution in [2.45, 2.75) is 13.2 Å². The quantitative estimate of drug-likeness (QED) is 0.382. The second-order valence-electron chi connectivity index (χ2n) is 3.86. The lowest BCUT2D eigenvalue weighted by atomic mass is 10.1. The molecule has 0 fully saturated rings. The van der Waals surface area contributed by atoms with Gasteiger partial charge in [-0.05, 0) is 23.8 Å². The van der Waals surface area contributed by atoms with E-state index in [1.165, 1.54) is 0 Å². The van der Waals surface area contributed by atoms with Crippen molar-refractivity contribution >= 4 is 17.4 Å². The van der Waals surface area contributed by atoms with Crippen molar-refractivity contribution in [3.05, 3.63) is 58.5 Å². The minimum Gasteiger partial charge on any atom is -0.467 e. The summed E-state index contributed by atoms with van der Waals surface area (Å²) < 4.78 is 10.6. The molecule has 0 saturated carbocycles. The lowest BCUT2D eigenvalue weighted by molar-refractivity contribution is 0.0930. The topological polar surface area (TPSA) is 81.0 Å². The average molecular weight is 281 g/mol. The molecule has 1 aromatic carbocycles. The van der Waals surface area contributed by atoms with Gasteiger partial charge >= 0.3 is 0 Å². The number of hydrogen-bond donors (Lipinski definition) is 2. The molecular weight excluding hydrogens is 268 g/mol. The predicted molar refractivity (Wildman–Crippen MR) is 71.2 cm³/mol. The van der Waals surface area contributed by atoms with Crippen LogP contribution in [0.2, 0.25) is 5.02 Å². The lowest BCUT2D eigenvalue weighted by Crippen LogP contribution is -2.13. The molecule has 0 atom stereocenters. The highest BCUT2D eigenvalue weighted by Gasteiger charge is 2.06. The number of amidine groups is 1. The van der Waals surface area contributed by atoms with E-state index >= 15 is 0 Å². The molecule has 19 heavy (non-hydrogen) atoms. The number of hydrogen-bond acceptors (Lipinski definition) is 4. The zero-order chi connectivity index (χ0) is 13.7. The molecule has 0 saturated heterocycles. The van der Waals surface area contributed by atoms with Crippen molar-refractivity contribution in [1.82, 2.24) is 0 Å². The maximum atomic E-state index is 8.58. The first kappa shape index (κ1) is 13.5. The van der Waals surface area contributed by atoms with Crippen molar-refractivity contribution in [2.24, 2.45) is 10.9 Å². The largest absolute Gasteiger partial charge is 0.467 e. The number of nitrogens with two attached hydrogens (primary N) is 1. The molecule has 0 aliphatic heterocycles. The van der Waals surface area contributed by atoms with Crippen LogP contribution in [-0.4, -0.2) is 11.0 Å². The van der Waals surface area contributed by atoms with Gasteiger partial charge in [-0.25, -0.2) is 0 Å². The molecular formula is C13H13ClN2O3. The highest BCUT2D eigenvalue weighted by Crippen LogP contribution is 2.19. The summed E-state index contributed by atoms with van der Waals surface area (Å²) in [4.78, 5) is 0. The Kier molecular flexibility index (Phi) is 4.43. The van der Waals surface area contributed by atoms with Crippen LogP contribution in [0.1, 0.15) is 16.9 Å². The molecule has 2 rings (SSSR count). The van der Waals surface area contributed by atoms with Gasteiger partial charge in [0.05, 0.1) is 12.9 Å². The summed E-state index contributed by atoms with van der Waals surface area (Å²) in [6.07, 6.45) is 1.59. The third kappa shape index (κ3) is 3.49. The summed E-state index contributed by atoms with van der Waals surface area (Å²) in [7, 11) is 0. The van der Waals surface area contributed by atoms with Gasteiger partial charge in [0.25, 0.3) is 0 Å². The molecule has 0 aliphatic rings. The summed E-state index contributed by atoms with van der Waals surface area (Å²) in [5.41, 5.74) is 6.85. The van der Waals surface area contributed by atoms with Gasteiger partial charge in [0.2, 0.25) is 0 Å². The fraction of sp³-hybridized carbons (Fsp3) is 0.154. The molecule has 100 valence electrons. The van der Waals surface area contributed by atoms with Crippen LogP contribution in [0.4, 0.5) is 0 Å². The van der Waals surface area contributed by atoms with Gasteiger partial charge in [-0.2, -0.15) is 0 Å². The van der Waals surface area contributed by atoms with Gasteiger partial charge in [-0.1, -0.05) is 28.9 Å².